The quantitative estimate of drug-likeness (QED) is 0.191. The smallest absolute Gasteiger partial charge is 0.0645 e. The predicted octanol–water partition coefficient (Wildman–Crippen LogP) is 11.5. The number of hydrogen-bond donors (Lipinski definition) is 0. The summed E-state index contributed by atoms with van der Waals surface area (Å²) in [5, 5.41) is 0.185. The van der Waals surface area contributed by atoms with E-state index in [2.05, 4.69) is 0 Å². The monoisotopic (exact) mass is 576 g/mol. The van der Waals surface area contributed by atoms with Crippen molar-refractivity contribution in [3.63, 3.8) is 0 Å². The normalized spacial score (nSPS) is 20.7. The van der Waals surface area contributed by atoms with Crippen molar-refractivity contribution in [1.82, 2.24) is 4.57 Å². The van der Waals surface area contributed by atoms with Crippen molar-refractivity contribution >= 4 is 33.2 Å². The van der Waals surface area contributed by atoms with E-state index in [1.807, 2.05) is 54.6 Å². The van der Waals surface area contributed by atoms with Gasteiger partial charge < -0.3 is 9.47 Å². The SMILES string of the molecule is [2H]C1=C([2H])C([2H])C([2H])C(N(c2ccc(-c3ccccc3)cc2)c2ccc(-c3c([2H])c([2H])c([2H])c4c5c([2H])c([2H])c([2H])c([2H])c5n(-c5ccccc5)c34)cc2)=C1[2H]. The van der Waals surface area contributed by atoms with Gasteiger partial charge in [0.2, 0.25) is 0 Å². The van der Waals surface area contributed by atoms with Gasteiger partial charge in [-0.2, -0.15) is 0 Å². The maximum atomic E-state index is 9.20. The molecule has 44 heavy (non-hydrogen) atoms. The van der Waals surface area contributed by atoms with Crippen molar-refractivity contribution in [3.8, 4) is 27.9 Å². The molecule has 0 spiro atoms. The van der Waals surface area contributed by atoms with Gasteiger partial charge in [-0.3, -0.25) is 0 Å². The molecule has 2 nitrogen and oxygen atoms in total. The Morgan fingerprint density at radius 3 is 2.00 bits per heavy atom. The van der Waals surface area contributed by atoms with Crippen molar-refractivity contribution in [2.75, 3.05) is 4.90 Å². The zero-order valence-corrected chi connectivity index (χ0v) is 23.4. The van der Waals surface area contributed by atoms with E-state index < -0.39 is 43.0 Å². The van der Waals surface area contributed by atoms with Crippen molar-refractivity contribution in [2.45, 2.75) is 12.8 Å². The lowest BCUT2D eigenvalue weighted by Crippen LogP contribution is -2.17. The molecule has 0 radical (unpaired) electrons. The van der Waals surface area contributed by atoms with Crippen LogP contribution < -0.4 is 4.90 Å². The number of anilines is 2. The van der Waals surface area contributed by atoms with E-state index in [4.69, 9.17) is 15.1 Å². The number of para-hydroxylation sites is 3. The van der Waals surface area contributed by atoms with E-state index in [9.17, 15) is 1.37 Å². The van der Waals surface area contributed by atoms with Crippen LogP contribution in [0.25, 0.3) is 49.7 Å². The second kappa shape index (κ2) is 11.2. The number of aromatic nitrogens is 1. The molecule has 1 aliphatic rings. The summed E-state index contributed by atoms with van der Waals surface area (Å²) in [6.07, 6.45) is -2.76. The van der Waals surface area contributed by atoms with Gasteiger partial charge in [0, 0.05) is 41.8 Å². The summed E-state index contributed by atoms with van der Waals surface area (Å²) in [6.45, 7) is 0. The van der Waals surface area contributed by atoms with Gasteiger partial charge in [0.25, 0.3) is 0 Å². The lowest BCUT2D eigenvalue weighted by molar-refractivity contribution is 0.918. The zero-order chi connectivity index (χ0) is 39.7. The standard InChI is InChI=1S/C42H32N2/c1-4-13-31(14-5-1)32-23-27-36(28-24-32)43(34-15-6-2-7-16-34)37-29-25-33(26-30-37)38-20-12-21-40-39-19-10-11-22-41(39)44(42(38)40)35-17-8-3-9-18-35/h1-6,8-15,17-30H,7,16H2/i2D,6D,7D,10D,11D,12D,15D,16D,19D,20D,21D,22D. The van der Waals surface area contributed by atoms with Gasteiger partial charge >= 0.3 is 0 Å². The predicted molar refractivity (Wildman–Crippen MR) is 187 cm³/mol. The average Bonchev–Trinajstić information content (AvgIpc) is 3.58. The summed E-state index contributed by atoms with van der Waals surface area (Å²) in [6, 6.07) is 29.0. The Kier molecular flexibility index (Phi) is 4.16. The van der Waals surface area contributed by atoms with E-state index in [-0.39, 0.29) is 63.3 Å². The first-order valence-electron chi connectivity index (χ1n) is 20.4. The third kappa shape index (κ3) is 4.62. The summed E-state index contributed by atoms with van der Waals surface area (Å²) in [5.41, 5.74) is 4.54. The summed E-state index contributed by atoms with van der Waals surface area (Å²) in [7, 11) is 0. The Morgan fingerprint density at radius 2 is 1.25 bits per heavy atom. The largest absolute Gasteiger partial charge is 0.314 e. The number of rotatable bonds is 6. The Bertz CT molecular complexity index is 2760. The van der Waals surface area contributed by atoms with Crippen molar-refractivity contribution in [2.24, 2.45) is 0 Å². The van der Waals surface area contributed by atoms with Crippen LogP contribution in [0.1, 0.15) is 29.2 Å². The molecule has 8 rings (SSSR count). The number of allylic oxidation sites excluding steroid dienone is 4. The second-order valence-corrected chi connectivity index (χ2v) is 10.3. The van der Waals surface area contributed by atoms with Crippen LogP contribution in [-0.4, -0.2) is 4.57 Å². The Morgan fingerprint density at radius 1 is 0.614 bits per heavy atom. The molecule has 7 aromatic rings. The molecule has 1 aromatic heterocycles. The van der Waals surface area contributed by atoms with Crippen LogP contribution in [0, 0.1) is 0 Å². The van der Waals surface area contributed by atoms with E-state index >= 15 is 0 Å². The molecular weight excluding hydrogens is 532 g/mol. The number of hydrogen-bond acceptors (Lipinski definition) is 1. The number of fused-ring (bicyclic) bond motifs is 3. The van der Waals surface area contributed by atoms with E-state index in [0.717, 1.165) is 11.1 Å². The lowest BCUT2D eigenvalue weighted by atomic mass is 10.0. The van der Waals surface area contributed by atoms with Crippen molar-refractivity contribution in [1.29, 1.82) is 0 Å². The first-order chi connectivity index (χ1) is 26.8. The van der Waals surface area contributed by atoms with Crippen molar-refractivity contribution < 1.29 is 16.4 Å². The minimum atomic E-state index is -1.40. The molecule has 2 atom stereocenters. The van der Waals surface area contributed by atoms with E-state index in [1.54, 1.807) is 64.1 Å². The summed E-state index contributed by atoms with van der Waals surface area (Å²) < 4.78 is 107. The highest BCUT2D eigenvalue weighted by Crippen LogP contribution is 2.40. The highest BCUT2D eigenvalue weighted by Gasteiger charge is 2.18. The van der Waals surface area contributed by atoms with Gasteiger partial charge in [-0.25, -0.2) is 0 Å². The molecule has 0 amide bonds. The molecule has 0 saturated carbocycles. The fraction of sp³-hybridized carbons (Fsp3) is 0.0476. The molecule has 1 aliphatic carbocycles. The Labute approximate surface area is 275 Å². The zero-order valence-electron chi connectivity index (χ0n) is 35.4. The van der Waals surface area contributed by atoms with Crippen LogP contribution in [0.15, 0.2) is 175 Å². The summed E-state index contributed by atoms with van der Waals surface area (Å²) in [5.74, 6) is 0. The van der Waals surface area contributed by atoms with Crippen molar-refractivity contribution in [3.05, 3.63) is 175 Å². The molecule has 0 bridgehead atoms. The molecule has 0 N–H and O–H groups in total. The highest BCUT2D eigenvalue weighted by atomic mass is 15.1. The third-order valence-corrected chi connectivity index (χ3v) is 7.70. The highest BCUT2D eigenvalue weighted by molar-refractivity contribution is 6.13. The molecule has 0 aliphatic heterocycles. The average molecular weight is 577 g/mol. The fourth-order valence-electron chi connectivity index (χ4n) is 5.69. The summed E-state index contributed by atoms with van der Waals surface area (Å²) >= 11 is 0. The summed E-state index contributed by atoms with van der Waals surface area (Å²) in [4.78, 5) is 1.63. The lowest BCUT2D eigenvalue weighted by Gasteiger charge is -2.29. The maximum Gasteiger partial charge on any atom is 0.0645 e. The maximum absolute atomic E-state index is 9.20. The third-order valence-electron chi connectivity index (χ3n) is 7.70. The first-order valence-corrected chi connectivity index (χ1v) is 14.2. The van der Waals surface area contributed by atoms with Crippen LogP contribution >= 0.6 is 0 Å². The molecular formula is C42H32N2. The van der Waals surface area contributed by atoms with Gasteiger partial charge in [-0.1, -0.05) is 121 Å². The van der Waals surface area contributed by atoms with Gasteiger partial charge in [0.1, 0.15) is 0 Å². The van der Waals surface area contributed by atoms with Gasteiger partial charge in [0.05, 0.1) is 24.7 Å². The van der Waals surface area contributed by atoms with Crippen LogP contribution in [-0.2, 0) is 0 Å². The van der Waals surface area contributed by atoms with E-state index in [0.29, 0.717) is 22.6 Å². The Balaban J connectivity index is 1.38. The van der Waals surface area contributed by atoms with Gasteiger partial charge in [-0.15, -0.1) is 0 Å². The molecule has 1 heterocycles. The topological polar surface area (TPSA) is 8.17 Å². The van der Waals surface area contributed by atoms with Crippen LogP contribution in [0.4, 0.5) is 11.4 Å². The molecule has 2 unspecified atom stereocenters. The van der Waals surface area contributed by atoms with Gasteiger partial charge in [0.15, 0.2) is 0 Å². The molecule has 210 valence electrons. The first kappa shape index (κ1) is 16.3. The minimum absolute atomic E-state index is 0.0503. The van der Waals surface area contributed by atoms with Gasteiger partial charge in [-0.05, 0) is 78.0 Å². The molecule has 0 saturated heterocycles. The second-order valence-electron chi connectivity index (χ2n) is 10.3. The minimum Gasteiger partial charge on any atom is -0.314 e. The fourth-order valence-corrected chi connectivity index (χ4v) is 5.69. The molecule has 6 aromatic carbocycles. The molecule has 2 heteroatoms. The molecule has 0 fully saturated rings. The van der Waals surface area contributed by atoms with Crippen LogP contribution in [0.5, 0.6) is 0 Å². The van der Waals surface area contributed by atoms with Crippen LogP contribution in [0.2, 0.25) is 0 Å². The number of nitrogens with zero attached hydrogens (tertiary/aromatic N) is 2. The Hall–Kier alpha value is -5.60. The van der Waals surface area contributed by atoms with Crippen LogP contribution in [0.3, 0.4) is 0 Å². The number of benzene rings is 6. The van der Waals surface area contributed by atoms with E-state index in [1.165, 1.54) is 0 Å².